The minimum Gasteiger partial charge on any atom is -0.459 e. The second-order valence-corrected chi connectivity index (χ2v) is 7.72. The zero-order chi connectivity index (χ0) is 14.8. The summed E-state index contributed by atoms with van der Waals surface area (Å²) in [5.41, 5.74) is 1.04. The fraction of sp³-hybridized carbons (Fsp3) is 0.688. The van der Waals surface area contributed by atoms with E-state index in [-0.39, 0.29) is 16.7 Å². The van der Waals surface area contributed by atoms with Gasteiger partial charge in [-0.3, -0.25) is 4.79 Å². The second-order valence-electron chi connectivity index (χ2n) is 7.72. The van der Waals surface area contributed by atoms with Gasteiger partial charge in [0.1, 0.15) is 0 Å². The SMILES string of the molecule is Cc1ccoc1C(=O)N(CC(C)(C)C)CC(C)(C)C. The fourth-order valence-electron chi connectivity index (χ4n) is 2.08. The zero-order valence-corrected chi connectivity index (χ0v) is 13.3. The fourth-order valence-corrected chi connectivity index (χ4v) is 2.08. The molecule has 0 aromatic carbocycles. The number of carbonyl (C=O) groups excluding carboxylic acids is 1. The first kappa shape index (κ1) is 15.8. The van der Waals surface area contributed by atoms with Gasteiger partial charge in [-0.15, -0.1) is 0 Å². The molecular weight excluding hydrogens is 238 g/mol. The molecule has 0 saturated carbocycles. The van der Waals surface area contributed by atoms with Gasteiger partial charge in [0, 0.05) is 18.7 Å². The number of rotatable bonds is 3. The summed E-state index contributed by atoms with van der Waals surface area (Å²) >= 11 is 0. The molecule has 0 spiro atoms. The Labute approximate surface area is 117 Å². The van der Waals surface area contributed by atoms with Crippen molar-refractivity contribution in [3.05, 3.63) is 23.7 Å². The van der Waals surface area contributed by atoms with Gasteiger partial charge in [-0.1, -0.05) is 41.5 Å². The van der Waals surface area contributed by atoms with Crippen molar-refractivity contribution < 1.29 is 9.21 Å². The predicted molar refractivity (Wildman–Crippen MR) is 78.3 cm³/mol. The molecule has 1 heterocycles. The largest absolute Gasteiger partial charge is 0.459 e. The van der Waals surface area contributed by atoms with Gasteiger partial charge in [0.25, 0.3) is 5.91 Å². The molecule has 0 bridgehead atoms. The number of hydrogen-bond acceptors (Lipinski definition) is 2. The standard InChI is InChI=1S/C16H27NO2/c1-12-8-9-19-13(12)14(18)17(10-15(2,3)4)11-16(5,6)7/h8-9H,10-11H2,1-7H3. The van der Waals surface area contributed by atoms with Crippen LogP contribution in [0.5, 0.6) is 0 Å². The summed E-state index contributed by atoms with van der Waals surface area (Å²) in [6.07, 6.45) is 1.58. The third kappa shape index (κ3) is 5.09. The first-order chi connectivity index (χ1) is 8.49. The molecule has 108 valence electrons. The van der Waals surface area contributed by atoms with Crippen molar-refractivity contribution in [3.8, 4) is 0 Å². The van der Waals surface area contributed by atoms with Crippen molar-refractivity contribution >= 4 is 5.91 Å². The molecule has 0 fully saturated rings. The van der Waals surface area contributed by atoms with Gasteiger partial charge < -0.3 is 9.32 Å². The Bertz CT molecular complexity index is 416. The topological polar surface area (TPSA) is 33.5 Å². The van der Waals surface area contributed by atoms with Crippen LogP contribution in [0.4, 0.5) is 0 Å². The van der Waals surface area contributed by atoms with E-state index in [4.69, 9.17) is 4.42 Å². The van der Waals surface area contributed by atoms with Crippen LogP contribution >= 0.6 is 0 Å². The monoisotopic (exact) mass is 265 g/mol. The Hall–Kier alpha value is -1.25. The van der Waals surface area contributed by atoms with Crippen LogP contribution in [0.1, 0.15) is 57.7 Å². The van der Waals surface area contributed by atoms with Crippen LogP contribution in [0.2, 0.25) is 0 Å². The van der Waals surface area contributed by atoms with E-state index in [1.807, 2.05) is 17.9 Å². The van der Waals surface area contributed by atoms with E-state index in [1.165, 1.54) is 0 Å². The molecule has 1 rings (SSSR count). The number of nitrogens with zero attached hydrogens (tertiary/aromatic N) is 1. The molecule has 1 aromatic rings. The smallest absolute Gasteiger partial charge is 0.289 e. The summed E-state index contributed by atoms with van der Waals surface area (Å²) in [6, 6.07) is 1.83. The summed E-state index contributed by atoms with van der Waals surface area (Å²) in [5, 5.41) is 0. The highest BCUT2D eigenvalue weighted by atomic mass is 16.3. The minimum absolute atomic E-state index is 0.00708. The zero-order valence-electron chi connectivity index (χ0n) is 13.3. The molecule has 19 heavy (non-hydrogen) atoms. The molecule has 0 saturated heterocycles. The molecule has 0 aliphatic heterocycles. The van der Waals surface area contributed by atoms with Crippen molar-refractivity contribution in [2.45, 2.75) is 48.5 Å². The molecule has 0 atom stereocenters. The molecule has 1 aromatic heterocycles. The van der Waals surface area contributed by atoms with Crippen molar-refractivity contribution in [2.75, 3.05) is 13.1 Å². The Morgan fingerprint density at radius 3 is 1.89 bits per heavy atom. The van der Waals surface area contributed by atoms with Crippen molar-refractivity contribution in [2.24, 2.45) is 10.8 Å². The quantitative estimate of drug-likeness (QED) is 0.823. The molecule has 3 nitrogen and oxygen atoms in total. The van der Waals surface area contributed by atoms with Gasteiger partial charge in [-0.05, 0) is 23.8 Å². The van der Waals surface area contributed by atoms with E-state index in [0.717, 1.165) is 18.7 Å². The molecule has 1 amide bonds. The Morgan fingerprint density at radius 1 is 1.11 bits per heavy atom. The Balaban J connectivity index is 2.96. The van der Waals surface area contributed by atoms with Crippen molar-refractivity contribution in [1.82, 2.24) is 4.90 Å². The van der Waals surface area contributed by atoms with Crippen LogP contribution in [0.15, 0.2) is 16.7 Å². The first-order valence-electron chi connectivity index (χ1n) is 6.83. The molecular formula is C16H27NO2. The van der Waals surface area contributed by atoms with E-state index < -0.39 is 0 Å². The van der Waals surface area contributed by atoms with Gasteiger partial charge in [0.2, 0.25) is 0 Å². The molecule has 0 aliphatic rings. The van der Waals surface area contributed by atoms with Gasteiger partial charge in [0.15, 0.2) is 5.76 Å². The average molecular weight is 265 g/mol. The second kappa shape index (κ2) is 5.40. The summed E-state index contributed by atoms with van der Waals surface area (Å²) < 4.78 is 5.34. The number of furan rings is 1. The van der Waals surface area contributed by atoms with Crippen LogP contribution in [0.25, 0.3) is 0 Å². The van der Waals surface area contributed by atoms with Crippen LogP contribution in [-0.4, -0.2) is 23.9 Å². The van der Waals surface area contributed by atoms with Gasteiger partial charge in [0.05, 0.1) is 6.26 Å². The third-order valence-electron chi connectivity index (χ3n) is 2.67. The van der Waals surface area contributed by atoms with E-state index in [9.17, 15) is 4.79 Å². The van der Waals surface area contributed by atoms with Crippen LogP contribution < -0.4 is 0 Å². The lowest BCUT2D eigenvalue weighted by atomic mass is 9.92. The summed E-state index contributed by atoms with van der Waals surface area (Å²) in [5.74, 6) is 0.459. The van der Waals surface area contributed by atoms with Gasteiger partial charge in [-0.2, -0.15) is 0 Å². The highest BCUT2D eigenvalue weighted by Gasteiger charge is 2.28. The van der Waals surface area contributed by atoms with Crippen LogP contribution in [0, 0.1) is 17.8 Å². The molecule has 3 heteroatoms. The lowest BCUT2D eigenvalue weighted by molar-refractivity contribution is 0.0589. The van der Waals surface area contributed by atoms with Gasteiger partial charge >= 0.3 is 0 Å². The van der Waals surface area contributed by atoms with Crippen LogP contribution in [0.3, 0.4) is 0 Å². The van der Waals surface area contributed by atoms with Crippen molar-refractivity contribution in [1.29, 1.82) is 0 Å². The molecule has 0 aliphatic carbocycles. The lowest BCUT2D eigenvalue weighted by Crippen LogP contribution is -2.42. The highest BCUT2D eigenvalue weighted by Crippen LogP contribution is 2.23. The maximum atomic E-state index is 12.6. The Morgan fingerprint density at radius 2 is 1.58 bits per heavy atom. The average Bonchev–Trinajstić information content (AvgIpc) is 2.58. The third-order valence-corrected chi connectivity index (χ3v) is 2.67. The molecule has 0 unspecified atom stereocenters. The number of amides is 1. The van der Waals surface area contributed by atoms with Gasteiger partial charge in [-0.25, -0.2) is 0 Å². The Kier molecular flexibility index (Phi) is 4.49. The molecule has 0 N–H and O–H groups in total. The summed E-state index contributed by atoms with van der Waals surface area (Å²) in [4.78, 5) is 14.5. The summed E-state index contributed by atoms with van der Waals surface area (Å²) in [7, 11) is 0. The maximum Gasteiger partial charge on any atom is 0.289 e. The first-order valence-corrected chi connectivity index (χ1v) is 6.83. The predicted octanol–water partition coefficient (Wildman–Crippen LogP) is 4.12. The van der Waals surface area contributed by atoms with Crippen molar-refractivity contribution in [3.63, 3.8) is 0 Å². The lowest BCUT2D eigenvalue weighted by Gasteiger charge is -2.34. The van der Waals surface area contributed by atoms with Crippen LogP contribution in [-0.2, 0) is 0 Å². The number of aryl methyl sites for hydroxylation is 1. The maximum absolute atomic E-state index is 12.6. The number of hydrogen-bond donors (Lipinski definition) is 0. The normalized spacial score (nSPS) is 12.6. The van der Waals surface area contributed by atoms with E-state index >= 15 is 0 Å². The van der Waals surface area contributed by atoms with E-state index in [2.05, 4.69) is 41.5 Å². The molecule has 0 radical (unpaired) electrons. The van der Waals surface area contributed by atoms with E-state index in [0.29, 0.717) is 5.76 Å². The van der Waals surface area contributed by atoms with E-state index in [1.54, 1.807) is 6.26 Å². The number of carbonyl (C=O) groups is 1. The summed E-state index contributed by atoms with van der Waals surface area (Å²) in [6.45, 7) is 16.2. The minimum atomic E-state index is -0.00708. The highest BCUT2D eigenvalue weighted by molar-refractivity contribution is 5.92.